The summed E-state index contributed by atoms with van der Waals surface area (Å²) < 4.78 is 0. The molecule has 0 aliphatic heterocycles. The minimum Gasteiger partial charge on any atom is -0.350 e. The van der Waals surface area contributed by atoms with Crippen molar-refractivity contribution in [2.24, 2.45) is 0 Å². The van der Waals surface area contributed by atoms with Gasteiger partial charge in [-0.25, -0.2) is 0 Å². The highest BCUT2D eigenvalue weighted by molar-refractivity contribution is 5.95. The Labute approximate surface area is 188 Å². The maximum Gasteiger partial charge on any atom is 0.251 e. The van der Waals surface area contributed by atoms with E-state index in [1.54, 1.807) is 0 Å². The van der Waals surface area contributed by atoms with Crippen LogP contribution in [0.3, 0.4) is 0 Å². The summed E-state index contributed by atoms with van der Waals surface area (Å²) in [6.45, 7) is 2.03. The molecule has 0 aliphatic carbocycles. The van der Waals surface area contributed by atoms with Crippen LogP contribution < -0.4 is 10.6 Å². The van der Waals surface area contributed by atoms with E-state index >= 15 is 0 Å². The number of hydrogen-bond donors (Lipinski definition) is 2. The second-order valence-corrected chi connectivity index (χ2v) is 7.77. The first-order valence-corrected chi connectivity index (χ1v) is 10.8. The van der Waals surface area contributed by atoms with Crippen molar-refractivity contribution in [3.8, 4) is 11.3 Å². The summed E-state index contributed by atoms with van der Waals surface area (Å²) >= 11 is 0. The van der Waals surface area contributed by atoms with E-state index in [1.807, 2.05) is 91.9 Å². The monoisotopic (exact) mass is 422 g/mol. The lowest BCUT2D eigenvalue weighted by Gasteiger charge is -2.14. The van der Waals surface area contributed by atoms with Crippen LogP contribution in [-0.4, -0.2) is 22.1 Å². The Morgan fingerprint density at radius 2 is 1.59 bits per heavy atom. The van der Waals surface area contributed by atoms with Gasteiger partial charge in [-0.05, 0) is 55.7 Å². The van der Waals surface area contributed by atoms with Gasteiger partial charge >= 0.3 is 0 Å². The van der Waals surface area contributed by atoms with Crippen molar-refractivity contribution in [3.63, 3.8) is 0 Å². The Bertz CT molecular complexity index is 1150. The number of carbonyl (C=O) groups is 1. The van der Waals surface area contributed by atoms with Crippen molar-refractivity contribution >= 4 is 17.4 Å². The van der Waals surface area contributed by atoms with E-state index in [2.05, 4.69) is 33.0 Å². The van der Waals surface area contributed by atoms with E-state index < -0.39 is 0 Å². The van der Waals surface area contributed by atoms with Crippen LogP contribution in [0.2, 0.25) is 0 Å². The number of amides is 1. The molecule has 1 aromatic heterocycles. The number of rotatable bonds is 8. The van der Waals surface area contributed by atoms with Crippen LogP contribution in [0.15, 0.2) is 97.1 Å². The number of aryl methyl sites for hydroxylation is 1. The molecule has 0 saturated carbocycles. The van der Waals surface area contributed by atoms with Gasteiger partial charge in [0.15, 0.2) is 5.82 Å². The molecular formula is C27H26N4O. The maximum absolute atomic E-state index is 12.7. The number of hydrogen-bond acceptors (Lipinski definition) is 4. The lowest BCUT2D eigenvalue weighted by atomic mass is 10.1. The van der Waals surface area contributed by atoms with Crippen molar-refractivity contribution in [1.82, 2.24) is 15.5 Å². The Morgan fingerprint density at radius 1 is 0.844 bits per heavy atom. The predicted molar refractivity (Wildman–Crippen MR) is 129 cm³/mol. The third kappa shape index (κ3) is 5.79. The third-order valence-corrected chi connectivity index (χ3v) is 5.22. The first-order valence-electron chi connectivity index (χ1n) is 10.8. The smallest absolute Gasteiger partial charge is 0.251 e. The highest BCUT2D eigenvalue weighted by Crippen LogP contribution is 2.19. The summed E-state index contributed by atoms with van der Waals surface area (Å²) in [5.41, 5.74) is 4.51. The SMILES string of the molecule is CC(CCc1ccccc1)NC(=O)c1cccc(Nc2ccc(-c3ccccc3)nn2)c1. The lowest BCUT2D eigenvalue weighted by Crippen LogP contribution is -2.32. The zero-order valence-corrected chi connectivity index (χ0v) is 18.0. The zero-order chi connectivity index (χ0) is 22.2. The molecule has 4 rings (SSSR count). The van der Waals surface area contributed by atoms with Crippen LogP contribution in [0.1, 0.15) is 29.3 Å². The molecule has 3 aromatic carbocycles. The van der Waals surface area contributed by atoms with E-state index in [4.69, 9.17) is 0 Å². The van der Waals surface area contributed by atoms with E-state index in [9.17, 15) is 4.79 Å². The Morgan fingerprint density at radius 3 is 2.31 bits per heavy atom. The van der Waals surface area contributed by atoms with Gasteiger partial charge in [0.2, 0.25) is 0 Å². The van der Waals surface area contributed by atoms with Gasteiger partial charge in [-0.1, -0.05) is 66.7 Å². The quantitative estimate of drug-likeness (QED) is 0.386. The van der Waals surface area contributed by atoms with E-state index in [0.717, 1.165) is 29.8 Å². The van der Waals surface area contributed by atoms with Crippen LogP contribution in [0, 0.1) is 0 Å². The number of benzene rings is 3. The fraction of sp³-hybridized carbons (Fsp3) is 0.148. The Kier molecular flexibility index (Phi) is 6.88. The molecule has 32 heavy (non-hydrogen) atoms. The molecule has 1 amide bonds. The van der Waals surface area contributed by atoms with Crippen LogP contribution >= 0.6 is 0 Å². The number of nitrogens with one attached hydrogen (secondary N) is 2. The Balaban J connectivity index is 1.35. The van der Waals surface area contributed by atoms with Crippen LogP contribution in [0.25, 0.3) is 11.3 Å². The molecule has 0 aliphatic rings. The standard InChI is InChI=1S/C27H26N4O/c1-20(15-16-21-9-4-2-5-10-21)28-27(32)23-13-8-14-24(19-23)29-26-18-17-25(30-31-26)22-11-6-3-7-12-22/h2-14,17-20H,15-16H2,1H3,(H,28,32)(H,29,31). The second kappa shape index (κ2) is 10.4. The molecule has 0 bridgehead atoms. The molecule has 1 heterocycles. The number of carbonyl (C=O) groups excluding carboxylic acids is 1. The molecule has 160 valence electrons. The molecule has 4 aromatic rings. The molecule has 0 radical (unpaired) electrons. The van der Waals surface area contributed by atoms with Gasteiger partial charge in [-0.15, -0.1) is 10.2 Å². The molecule has 5 nitrogen and oxygen atoms in total. The summed E-state index contributed by atoms with van der Waals surface area (Å²) in [5.74, 6) is 0.540. The minimum absolute atomic E-state index is 0.0794. The van der Waals surface area contributed by atoms with Gasteiger partial charge < -0.3 is 10.6 Å². The second-order valence-electron chi connectivity index (χ2n) is 7.77. The molecule has 1 unspecified atom stereocenters. The van der Waals surface area contributed by atoms with Gasteiger partial charge in [0.05, 0.1) is 5.69 Å². The van der Waals surface area contributed by atoms with Gasteiger partial charge in [0.25, 0.3) is 5.91 Å². The lowest BCUT2D eigenvalue weighted by molar-refractivity contribution is 0.0938. The minimum atomic E-state index is -0.0836. The zero-order valence-electron chi connectivity index (χ0n) is 18.0. The van der Waals surface area contributed by atoms with Crippen molar-refractivity contribution in [1.29, 1.82) is 0 Å². The number of anilines is 2. The fourth-order valence-corrected chi connectivity index (χ4v) is 3.46. The Hall–Kier alpha value is -3.99. The normalized spacial score (nSPS) is 11.5. The molecule has 1 atom stereocenters. The van der Waals surface area contributed by atoms with E-state index in [-0.39, 0.29) is 11.9 Å². The van der Waals surface area contributed by atoms with Crippen LogP contribution in [0.5, 0.6) is 0 Å². The maximum atomic E-state index is 12.7. The summed E-state index contributed by atoms with van der Waals surface area (Å²) in [5, 5.41) is 14.9. The summed E-state index contributed by atoms with van der Waals surface area (Å²) in [4.78, 5) is 12.7. The van der Waals surface area contributed by atoms with Crippen molar-refractivity contribution in [2.75, 3.05) is 5.32 Å². The largest absolute Gasteiger partial charge is 0.350 e. The molecule has 0 saturated heterocycles. The van der Waals surface area contributed by atoms with Crippen molar-refractivity contribution in [3.05, 3.63) is 108 Å². The first kappa shape index (κ1) is 21.2. The average Bonchev–Trinajstić information content (AvgIpc) is 2.84. The topological polar surface area (TPSA) is 66.9 Å². The van der Waals surface area contributed by atoms with Gasteiger partial charge in [-0.3, -0.25) is 4.79 Å². The third-order valence-electron chi connectivity index (χ3n) is 5.22. The fourth-order valence-electron chi connectivity index (χ4n) is 3.46. The predicted octanol–water partition coefficient (Wildman–Crippen LogP) is 5.64. The summed E-state index contributed by atoms with van der Waals surface area (Å²) in [6.07, 6.45) is 1.82. The molecular weight excluding hydrogens is 396 g/mol. The molecule has 0 spiro atoms. The average molecular weight is 423 g/mol. The van der Waals surface area contributed by atoms with Crippen molar-refractivity contribution in [2.45, 2.75) is 25.8 Å². The highest BCUT2D eigenvalue weighted by atomic mass is 16.1. The van der Waals surface area contributed by atoms with Gasteiger partial charge in [0.1, 0.15) is 0 Å². The number of aromatic nitrogens is 2. The first-order chi connectivity index (χ1) is 15.7. The van der Waals surface area contributed by atoms with Gasteiger partial charge in [-0.2, -0.15) is 0 Å². The van der Waals surface area contributed by atoms with Crippen LogP contribution in [-0.2, 0) is 6.42 Å². The van der Waals surface area contributed by atoms with E-state index in [0.29, 0.717) is 11.4 Å². The van der Waals surface area contributed by atoms with Crippen molar-refractivity contribution < 1.29 is 4.79 Å². The number of nitrogens with zero attached hydrogens (tertiary/aromatic N) is 2. The van der Waals surface area contributed by atoms with Gasteiger partial charge in [0, 0.05) is 22.9 Å². The highest BCUT2D eigenvalue weighted by Gasteiger charge is 2.11. The molecule has 2 N–H and O–H groups in total. The summed E-state index contributed by atoms with van der Waals surface area (Å²) in [6, 6.07) is 31.5. The van der Waals surface area contributed by atoms with E-state index in [1.165, 1.54) is 5.56 Å². The molecule has 5 heteroatoms. The molecule has 0 fully saturated rings. The summed E-state index contributed by atoms with van der Waals surface area (Å²) in [7, 11) is 0. The van der Waals surface area contributed by atoms with Crippen LogP contribution in [0.4, 0.5) is 11.5 Å².